The van der Waals surface area contributed by atoms with Crippen molar-refractivity contribution in [3.05, 3.63) is 59.4 Å². The second kappa shape index (κ2) is 5.93. The smallest absolute Gasteiger partial charge is 0.343 e. The molecule has 1 heterocycles. The number of hydrogen-bond acceptors (Lipinski definition) is 5. The first-order valence-electron chi connectivity index (χ1n) is 6.58. The molecule has 0 bridgehead atoms. The van der Waals surface area contributed by atoms with Crippen molar-refractivity contribution in [2.75, 3.05) is 6.26 Å². The van der Waals surface area contributed by atoms with Crippen LogP contribution in [-0.2, 0) is 24.2 Å². The number of nitrogens with one attached hydrogen (secondary N) is 1. The van der Waals surface area contributed by atoms with Gasteiger partial charge in [0, 0.05) is 11.8 Å². The molecule has 0 aliphatic carbocycles. The van der Waals surface area contributed by atoms with E-state index in [2.05, 4.69) is 4.98 Å². The summed E-state index contributed by atoms with van der Waals surface area (Å²) in [5, 5.41) is 18.6. The van der Waals surface area contributed by atoms with E-state index < -0.39 is 38.0 Å². The van der Waals surface area contributed by atoms with Gasteiger partial charge in [0.15, 0.2) is 9.84 Å². The Hall–Kier alpha value is -2.94. The van der Waals surface area contributed by atoms with Crippen molar-refractivity contribution in [2.24, 2.45) is 0 Å². The molecule has 0 aliphatic rings. The third kappa shape index (κ3) is 2.58. The fourth-order valence-corrected chi connectivity index (χ4v) is 3.47. The highest BCUT2D eigenvalue weighted by Crippen LogP contribution is 2.31. The molecule has 1 aromatic heterocycles. The highest BCUT2D eigenvalue weighted by atomic mass is 32.2. The second-order valence-corrected chi connectivity index (χ2v) is 7.20. The van der Waals surface area contributed by atoms with Crippen LogP contribution >= 0.6 is 0 Å². The Labute approximate surface area is 136 Å². The maximum absolute atomic E-state index is 12.3. The number of carboxylic acids is 2. The zero-order valence-corrected chi connectivity index (χ0v) is 13.2. The molecule has 8 nitrogen and oxygen atoms in total. The molecule has 0 aliphatic heterocycles. The number of hydrogen-bond donors (Lipinski definition) is 3. The average molecular weight is 351 g/mol. The molecule has 0 radical (unpaired) electrons. The third-order valence-corrected chi connectivity index (χ3v) is 5.19. The van der Waals surface area contributed by atoms with Crippen molar-refractivity contribution in [1.29, 1.82) is 0 Å². The molecule has 0 amide bonds. The summed E-state index contributed by atoms with van der Waals surface area (Å²) in [7, 11) is -4.60. The molecule has 2 aromatic rings. The zero-order valence-electron chi connectivity index (χ0n) is 12.4. The Balaban J connectivity index is 2.61. The number of carboxylic acid groups (broad SMARTS) is 2. The van der Waals surface area contributed by atoms with Gasteiger partial charge in [-0.3, -0.25) is 4.79 Å². The second-order valence-electron chi connectivity index (χ2n) is 5.04. The van der Waals surface area contributed by atoms with Crippen LogP contribution in [-0.4, -0.2) is 47.6 Å². The van der Waals surface area contributed by atoms with Crippen LogP contribution in [0.2, 0.25) is 0 Å². The lowest BCUT2D eigenvalue weighted by Gasteiger charge is -2.21. The highest BCUT2D eigenvalue weighted by Gasteiger charge is 2.59. The predicted molar refractivity (Wildman–Crippen MR) is 82.5 cm³/mol. The van der Waals surface area contributed by atoms with Crippen LogP contribution in [0.25, 0.3) is 0 Å². The van der Waals surface area contributed by atoms with E-state index in [1.165, 1.54) is 12.1 Å². The summed E-state index contributed by atoms with van der Waals surface area (Å²) in [4.78, 5) is 37.6. The molecular weight excluding hydrogens is 338 g/mol. The summed E-state index contributed by atoms with van der Waals surface area (Å²) in [6.07, 6.45) is 0.509. The minimum atomic E-state index is -4.60. The molecule has 24 heavy (non-hydrogen) atoms. The van der Waals surface area contributed by atoms with Crippen molar-refractivity contribution in [3.8, 4) is 0 Å². The van der Waals surface area contributed by atoms with Crippen LogP contribution in [0.5, 0.6) is 0 Å². The van der Waals surface area contributed by atoms with E-state index in [0.717, 1.165) is 12.1 Å². The lowest BCUT2D eigenvalue weighted by atomic mass is 10.1. The van der Waals surface area contributed by atoms with Gasteiger partial charge in [0.2, 0.25) is 5.78 Å². The maximum Gasteiger partial charge on any atom is 0.343 e. The number of aromatic nitrogens is 1. The van der Waals surface area contributed by atoms with Crippen molar-refractivity contribution in [3.63, 3.8) is 0 Å². The normalized spacial score (nSPS) is 11.9. The lowest BCUT2D eigenvalue weighted by molar-refractivity contribution is -0.152. The quantitative estimate of drug-likeness (QED) is 0.512. The number of rotatable bonds is 6. The first-order chi connectivity index (χ1) is 11.1. The van der Waals surface area contributed by atoms with Gasteiger partial charge in [-0.05, 0) is 12.1 Å². The molecule has 0 saturated heterocycles. The molecule has 126 valence electrons. The van der Waals surface area contributed by atoms with Crippen LogP contribution in [0.3, 0.4) is 0 Å². The van der Waals surface area contributed by atoms with E-state index in [-0.39, 0.29) is 11.3 Å². The Bertz CT molecular complexity index is 898. The third-order valence-electron chi connectivity index (χ3n) is 3.50. The summed E-state index contributed by atoms with van der Waals surface area (Å²) in [6.45, 7) is 0. The van der Waals surface area contributed by atoms with Gasteiger partial charge in [-0.25, -0.2) is 18.0 Å². The van der Waals surface area contributed by atoms with E-state index in [1.54, 1.807) is 18.2 Å². The summed E-state index contributed by atoms with van der Waals surface area (Å²) in [6, 6.07) is 10.1. The van der Waals surface area contributed by atoms with Gasteiger partial charge in [-0.15, -0.1) is 0 Å². The standard InChI is InChI=1S/C15H13NO7S/c1-24(22,23)15(13(18)19,14(20)21)11-8-7-10(16-11)12(17)9-5-3-2-4-6-9/h2-8,16H,1H3,(H,18,19)(H,20,21). The van der Waals surface area contributed by atoms with Crippen LogP contribution in [0, 0.1) is 0 Å². The average Bonchev–Trinajstić information content (AvgIpc) is 2.95. The summed E-state index contributed by atoms with van der Waals surface area (Å²) >= 11 is 0. The molecule has 3 N–H and O–H groups in total. The van der Waals surface area contributed by atoms with Gasteiger partial charge in [0.1, 0.15) is 0 Å². The van der Waals surface area contributed by atoms with Crippen molar-refractivity contribution in [1.82, 2.24) is 4.98 Å². The SMILES string of the molecule is CS(=O)(=O)C(C(=O)O)(C(=O)O)c1ccc(C(=O)c2ccccc2)[nH]1. The number of ketones is 1. The van der Waals surface area contributed by atoms with Gasteiger partial charge in [0.25, 0.3) is 0 Å². The molecule has 1 aromatic carbocycles. The Morgan fingerprint density at radius 1 is 0.958 bits per heavy atom. The summed E-state index contributed by atoms with van der Waals surface area (Å²) < 4.78 is 20.6. The van der Waals surface area contributed by atoms with E-state index in [4.69, 9.17) is 0 Å². The number of aliphatic carboxylic acids is 2. The fourth-order valence-electron chi connectivity index (χ4n) is 2.32. The van der Waals surface area contributed by atoms with E-state index in [9.17, 15) is 33.0 Å². The first kappa shape index (κ1) is 17.4. The minimum absolute atomic E-state index is 0.119. The van der Waals surface area contributed by atoms with Crippen LogP contribution < -0.4 is 0 Å². The summed E-state index contributed by atoms with van der Waals surface area (Å²) in [5.41, 5.74) is -0.461. The molecule has 0 fully saturated rings. The summed E-state index contributed by atoms with van der Waals surface area (Å²) in [5.74, 6) is -4.67. The van der Waals surface area contributed by atoms with Crippen LogP contribution in [0.1, 0.15) is 21.7 Å². The van der Waals surface area contributed by atoms with E-state index >= 15 is 0 Å². The number of carbonyl (C=O) groups is 3. The molecule has 2 rings (SSSR count). The number of carbonyl (C=O) groups excluding carboxylic acids is 1. The van der Waals surface area contributed by atoms with E-state index in [1.807, 2.05) is 0 Å². The first-order valence-corrected chi connectivity index (χ1v) is 8.47. The highest BCUT2D eigenvalue weighted by molar-refractivity contribution is 7.93. The van der Waals surface area contributed by atoms with Gasteiger partial charge >= 0.3 is 16.7 Å². The molecule has 9 heteroatoms. The minimum Gasteiger partial charge on any atom is -0.479 e. The number of aromatic amines is 1. The monoisotopic (exact) mass is 351 g/mol. The van der Waals surface area contributed by atoms with Crippen LogP contribution in [0.4, 0.5) is 0 Å². The molecule has 0 spiro atoms. The van der Waals surface area contributed by atoms with Crippen molar-refractivity contribution < 1.29 is 33.0 Å². The molecular formula is C15H13NO7S. The van der Waals surface area contributed by atoms with Gasteiger partial charge < -0.3 is 15.2 Å². The number of benzene rings is 1. The Morgan fingerprint density at radius 3 is 1.96 bits per heavy atom. The Morgan fingerprint density at radius 2 is 1.50 bits per heavy atom. The molecule has 0 saturated carbocycles. The lowest BCUT2D eigenvalue weighted by Crippen LogP contribution is -2.50. The fraction of sp³-hybridized carbons (Fsp3) is 0.133. The maximum atomic E-state index is 12.3. The molecule has 0 unspecified atom stereocenters. The van der Waals surface area contributed by atoms with Crippen LogP contribution in [0.15, 0.2) is 42.5 Å². The largest absolute Gasteiger partial charge is 0.479 e. The van der Waals surface area contributed by atoms with Crippen molar-refractivity contribution >= 4 is 27.6 Å². The van der Waals surface area contributed by atoms with Gasteiger partial charge in [0.05, 0.1) is 11.4 Å². The number of H-pyrrole nitrogens is 1. The number of sulfone groups is 1. The molecule has 0 atom stereocenters. The Kier molecular flexibility index (Phi) is 4.30. The van der Waals surface area contributed by atoms with Gasteiger partial charge in [-0.2, -0.15) is 0 Å². The zero-order chi connectivity index (χ0) is 18.1. The van der Waals surface area contributed by atoms with Crippen molar-refractivity contribution in [2.45, 2.75) is 4.75 Å². The predicted octanol–water partition coefficient (Wildman–Crippen LogP) is 0.655. The van der Waals surface area contributed by atoms with E-state index in [0.29, 0.717) is 6.26 Å². The van der Waals surface area contributed by atoms with Gasteiger partial charge in [-0.1, -0.05) is 30.3 Å². The topological polar surface area (TPSA) is 142 Å².